The van der Waals surface area contributed by atoms with E-state index in [-0.39, 0.29) is 5.56 Å². The first kappa shape index (κ1) is 10.6. The average molecular weight is 220 g/mol. The first-order valence-corrected chi connectivity index (χ1v) is 4.77. The van der Waals surface area contributed by atoms with Crippen LogP contribution in [0, 0.1) is 0 Å². The predicted molar refractivity (Wildman–Crippen MR) is 57.8 cm³/mol. The zero-order valence-electron chi connectivity index (χ0n) is 9.10. The Morgan fingerprint density at radius 3 is 3.00 bits per heavy atom. The lowest BCUT2D eigenvalue weighted by Crippen LogP contribution is -2.10. The number of aromatic nitrogens is 4. The molecule has 84 valence electrons. The summed E-state index contributed by atoms with van der Waals surface area (Å²) in [5.41, 5.74) is 1.18. The number of hydrogen-bond acceptors (Lipinski definition) is 4. The van der Waals surface area contributed by atoms with Crippen LogP contribution in [0.4, 0.5) is 0 Å². The molecule has 6 heteroatoms. The number of ether oxygens (including phenoxy) is 1. The van der Waals surface area contributed by atoms with Crippen LogP contribution in [-0.2, 0) is 18.4 Å². The molecule has 0 aliphatic heterocycles. The van der Waals surface area contributed by atoms with Gasteiger partial charge in [-0.15, -0.1) is 0 Å². The number of aromatic amines is 1. The topological polar surface area (TPSA) is 72.8 Å². The molecular weight excluding hydrogens is 208 g/mol. The van der Waals surface area contributed by atoms with Gasteiger partial charge in [-0.05, 0) is 0 Å². The van der Waals surface area contributed by atoms with E-state index in [2.05, 4.69) is 15.1 Å². The van der Waals surface area contributed by atoms with Crippen molar-refractivity contribution in [3.8, 4) is 11.4 Å². The molecule has 0 saturated heterocycles. The van der Waals surface area contributed by atoms with Gasteiger partial charge in [0.25, 0.3) is 5.56 Å². The molecular formula is C10H12N4O2. The Labute approximate surface area is 91.9 Å². The number of H-pyrrole nitrogens is 1. The Balaban J connectivity index is 2.44. The number of nitrogens with zero attached hydrogens (tertiary/aromatic N) is 3. The zero-order chi connectivity index (χ0) is 11.5. The summed E-state index contributed by atoms with van der Waals surface area (Å²) < 4.78 is 6.59. The van der Waals surface area contributed by atoms with Crippen molar-refractivity contribution < 1.29 is 4.74 Å². The van der Waals surface area contributed by atoms with Crippen molar-refractivity contribution in [1.29, 1.82) is 0 Å². The van der Waals surface area contributed by atoms with Crippen LogP contribution in [0.15, 0.2) is 23.3 Å². The lowest BCUT2D eigenvalue weighted by atomic mass is 10.3. The molecule has 0 aromatic carbocycles. The number of aryl methyl sites for hydroxylation is 1. The van der Waals surface area contributed by atoms with Gasteiger partial charge in [0.1, 0.15) is 5.82 Å². The molecule has 0 radical (unpaired) electrons. The highest BCUT2D eigenvalue weighted by atomic mass is 16.5. The summed E-state index contributed by atoms with van der Waals surface area (Å²) >= 11 is 0. The van der Waals surface area contributed by atoms with Crippen molar-refractivity contribution >= 4 is 0 Å². The van der Waals surface area contributed by atoms with Crippen molar-refractivity contribution in [2.24, 2.45) is 7.05 Å². The number of methoxy groups -OCH3 is 1. The minimum absolute atomic E-state index is 0.194. The summed E-state index contributed by atoms with van der Waals surface area (Å²) in [5.74, 6) is 0.507. The van der Waals surface area contributed by atoms with Gasteiger partial charge in [0.15, 0.2) is 0 Å². The normalized spacial score (nSPS) is 10.6. The van der Waals surface area contributed by atoms with Crippen LogP contribution in [-0.4, -0.2) is 26.9 Å². The van der Waals surface area contributed by atoms with Gasteiger partial charge in [-0.25, -0.2) is 4.98 Å². The fraction of sp³-hybridized carbons (Fsp3) is 0.300. The van der Waals surface area contributed by atoms with Gasteiger partial charge in [-0.2, -0.15) is 5.10 Å². The lowest BCUT2D eigenvalue weighted by molar-refractivity contribution is 0.181. The molecule has 0 unspecified atom stereocenters. The van der Waals surface area contributed by atoms with Crippen LogP contribution < -0.4 is 5.56 Å². The molecule has 0 spiro atoms. The smallest absolute Gasteiger partial charge is 0.251 e. The Morgan fingerprint density at radius 1 is 1.56 bits per heavy atom. The molecule has 0 saturated carbocycles. The molecule has 0 aliphatic rings. The molecule has 2 aromatic rings. The first-order chi connectivity index (χ1) is 7.69. The molecule has 0 fully saturated rings. The minimum Gasteiger partial charge on any atom is -0.378 e. The van der Waals surface area contributed by atoms with Crippen LogP contribution in [0.3, 0.4) is 0 Å². The highest BCUT2D eigenvalue weighted by Crippen LogP contribution is 2.11. The van der Waals surface area contributed by atoms with E-state index in [4.69, 9.17) is 4.74 Å². The Hall–Kier alpha value is -1.95. The third-order valence-electron chi connectivity index (χ3n) is 2.07. The van der Waals surface area contributed by atoms with Gasteiger partial charge in [0.2, 0.25) is 0 Å². The van der Waals surface area contributed by atoms with Gasteiger partial charge in [0, 0.05) is 26.4 Å². The second kappa shape index (κ2) is 4.28. The van der Waals surface area contributed by atoms with Gasteiger partial charge >= 0.3 is 0 Å². The SMILES string of the molecule is COCc1cc(=O)[nH]c(-c2cnn(C)c2)n1. The standard InChI is InChI=1S/C10H12N4O2/c1-14-5-7(4-11-14)10-12-8(6-16-2)3-9(15)13-10/h3-5H,6H2,1-2H3,(H,12,13,15). The quantitative estimate of drug-likeness (QED) is 0.808. The largest absolute Gasteiger partial charge is 0.378 e. The Morgan fingerprint density at radius 2 is 2.38 bits per heavy atom. The third-order valence-corrected chi connectivity index (χ3v) is 2.07. The van der Waals surface area contributed by atoms with E-state index < -0.39 is 0 Å². The fourth-order valence-electron chi connectivity index (χ4n) is 1.41. The third kappa shape index (κ3) is 2.17. The predicted octanol–water partition coefficient (Wildman–Crippen LogP) is 0.317. The molecule has 0 atom stereocenters. The average Bonchev–Trinajstić information content (AvgIpc) is 2.64. The summed E-state index contributed by atoms with van der Waals surface area (Å²) in [7, 11) is 3.37. The van der Waals surface area contributed by atoms with Crippen molar-refractivity contribution in [2.75, 3.05) is 7.11 Å². The van der Waals surface area contributed by atoms with Crippen molar-refractivity contribution in [3.63, 3.8) is 0 Å². The van der Waals surface area contributed by atoms with E-state index in [1.165, 1.54) is 6.07 Å². The highest BCUT2D eigenvalue weighted by Gasteiger charge is 2.05. The van der Waals surface area contributed by atoms with E-state index in [1.807, 2.05) is 0 Å². The Kier molecular flexibility index (Phi) is 2.82. The van der Waals surface area contributed by atoms with Gasteiger partial charge in [-0.3, -0.25) is 9.48 Å². The second-order valence-electron chi connectivity index (χ2n) is 3.42. The molecule has 2 rings (SSSR count). The molecule has 1 N–H and O–H groups in total. The molecule has 16 heavy (non-hydrogen) atoms. The Bertz CT molecular complexity index is 544. The monoisotopic (exact) mass is 220 g/mol. The maximum atomic E-state index is 11.4. The van der Waals surface area contributed by atoms with Crippen LogP contribution in [0.2, 0.25) is 0 Å². The van der Waals surface area contributed by atoms with Gasteiger partial charge in [0.05, 0.1) is 24.1 Å². The number of nitrogens with one attached hydrogen (secondary N) is 1. The van der Waals surface area contributed by atoms with E-state index in [9.17, 15) is 4.79 Å². The molecule has 0 bridgehead atoms. The molecule has 0 amide bonds. The van der Waals surface area contributed by atoms with Gasteiger partial charge < -0.3 is 9.72 Å². The number of rotatable bonds is 3. The van der Waals surface area contributed by atoms with Crippen LogP contribution in [0.5, 0.6) is 0 Å². The van der Waals surface area contributed by atoms with E-state index in [1.54, 1.807) is 31.2 Å². The van der Waals surface area contributed by atoms with Crippen LogP contribution >= 0.6 is 0 Å². The van der Waals surface area contributed by atoms with E-state index >= 15 is 0 Å². The summed E-state index contributed by atoms with van der Waals surface area (Å²) in [6.07, 6.45) is 3.43. The van der Waals surface area contributed by atoms with E-state index in [0.717, 1.165) is 5.56 Å². The zero-order valence-corrected chi connectivity index (χ0v) is 9.10. The maximum absolute atomic E-state index is 11.4. The van der Waals surface area contributed by atoms with Gasteiger partial charge in [-0.1, -0.05) is 0 Å². The second-order valence-corrected chi connectivity index (χ2v) is 3.42. The summed E-state index contributed by atoms with van der Waals surface area (Å²) in [5, 5.41) is 4.02. The summed E-state index contributed by atoms with van der Waals surface area (Å²) in [6.45, 7) is 0.317. The molecule has 2 heterocycles. The first-order valence-electron chi connectivity index (χ1n) is 4.77. The molecule has 2 aromatic heterocycles. The molecule has 6 nitrogen and oxygen atoms in total. The van der Waals surface area contributed by atoms with Crippen molar-refractivity contribution in [1.82, 2.24) is 19.7 Å². The van der Waals surface area contributed by atoms with Crippen molar-refractivity contribution in [2.45, 2.75) is 6.61 Å². The summed E-state index contributed by atoms with van der Waals surface area (Å²) in [4.78, 5) is 18.3. The minimum atomic E-state index is -0.194. The van der Waals surface area contributed by atoms with E-state index in [0.29, 0.717) is 18.1 Å². The van der Waals surface area contributed by atoms with Crippen molar-refractivity contribution in [3.05, 3.63) is 34.5 Å². The molecule has 0 aliphatic carbocycles. The van der Waals surface area contributed by atoms with Crippen LogP contribution in [0.1, 0.15) is 5.69 Å². The maximum Gasteiger partial charge on any atom is 0.251 e. The highest BCUT2D eigenvalue weighted by molar-refractivity contribution is 5.51. The number of hydrogen-bond donors (Lipinski definition) is 1. The lowest BCUT2D eigenvalue weighted by Gasteiger charge is -2.01. The fourth-order valence-corrected chi connectivity index (χ4v) is 1.41. The summed E-state index contributed by atoms with van der Waals surface area (Å²) in [6, 6.07) is 1.42. The van der Waals surface area contributed by atoms with Crippen LogP contribution in [0.25, 0.3) is 11.4 Å².